The Balaban J connectivity index is 0.000000327. The number of anilines is 2. The van der Waals surface area contributed by atoms with Crippen LogP contribution >= 0.6 is 0 Å². The van der Waals surface area contributed by atoms with Gasteiger partial charge in [-0.15, -0.1) is 0 Å². The standard InChI is InChI=1S/C8H12N2.C6H8N2.C2H6/c9-5-7-2-1-3-8(4-7)6-10;7-5-2-1-3-6(8)4-5;1-2/h1-4H,5-6,9-10H2;1-4H,7-8H2;1-2H3/i;;1D. The highest BCUT2D eigenvalue weighted by Gasteiger charge is 1.89. The van der Waals surface area contributed by atoms with Crippen LogP contribution in [0.2, 0.25) is 0 Å². The Morgan fingerprint density at radius 1 is 0.850 bits per heavy atom. The molecule has 0 aliphatic carbocycles. The maximum Gasteiger partial charge on any atom is 0.0334 e. The van der Waals surface area contributed by atoms with E-state index in [2.05, 4.69) is 0 Å². The van der Waals surface area contributed by atoms with Crippen molar-refractivity contribution in [2.24, 2.45) is 11.5 Å². The van der Waals surface area contributed by atoms with Gasteiger partial charge in [0.25, 0.3) is 0 Å². The molecule has 0 aromatic heterocycles. The van der Waals surface area contributed by atoms with Gasteiger partial charge >= 0.3 is 0 Å². The van der Waals surface area contributed by atoms with E-state index in [1.54, 1.807) is 25.1 Å². The molecule has 0 fully saturated rings. The van der Waals surface area contributed by atoms with Crippen molar-refractivity contribution < 1.29 is 1.37 Å². The van der Waals surface area contributed by atoms with Gasteiger partial charge in [-0.25, -0.2) is 0 Å². The van der Waals surface area contributed by atoms with Crippen LogP contribution in [0.1, 0.15) is 26.3 Å². The van der Waals surface area contributed by atoms with Crippen LogP contribution in [-0.4, -0.2) is 0 Å². The monoisotopic (exact) mass is 275 g/mol. The summed E-state index contributed by atoms with van der Waals surface area (Å²) in [5.41, 5.74) is 25.3. The van der Waals surface area contributed by atoms with Crippen molar-refractivity contribution in [3.63, 3.8) is 0 Å². The molecule has 0 aliphatic heterocycles. The lowest BCUT2D eigenvalue weighted by atomic mass is 10.1. The van der Waals surface area contributed by atoms with Gasteiger partial charge in [-0.05, 0) is 29.3 Å². The first-order chi connectivity index (χ1) is 10.1. The SMILES string of the molecule is NCc1cccc(CN)c1.Nc1cccc(N)c1.[2H]CC. The van der Waals surface area contributed by atoms with Crippen LogP contribution in [0.4, 0.5) is 11.4 Å². The van der Waals surface area contributed by atoms with Crippen LogP contribution in [0.5, 0.6) is 0 Å². The molecule has 4 nitrogen and oxygen atoms in total. The van der Waals surface area contributed by atoms with Gasteiger partial charge < -0.3 is 22.9 Å². The third-order valence-corrected chi connectivity index (χ3v) is 2.37. The van der Waals surface area contributed by atoms with Gasteiger partial charge in [0.2, 0.25) is 0 Å². The first kappa shape index (κ1) is 16.0. The molecule has 0 heterocycles. The zero-order valence-corrected chi connectivity index (χ0v) is 12.0. The molecule has 0 spiro atoms. The van der Waals surface area contributed by atoms with Gasteiger partial charge in [0.05, 0.1) is 0 Å². The fourth-order valence-corrected chi connectivity index (χ4v) is 1.44. The van der Waals surface area contributed by atoms with Crippen LogP contribution in [0, 0.1) is 0 Å². The van der Waals surface area contributed by atoms with Crippen LogP contribution in [0.25, 0.3) is 0 Å². The van der Waals surface area contributed by atoms with Crippen molar-refractivity contribution in [1.29, 1.82) is 0 Å². The van der Waals surface area contributed by atoms with E-state index in [1.165, 1.54) is 0 Å². The summed E-state index contributed by atoms with van der Waals surface area (Å²) in [7, 11) is 0. The van der Waals surface area contributed by atoms with Crippen LogP contribution in [0.15, 0.2) is 48.5 Å². The third-order valence-electron chi connectivity index (χ3n) is 2.37. The first-order valence-corrected chi connectivity index (χ1v) is 6.45. The lowest BCUT2D eigenvalue weighted by Crippen LogP contribution is -2.00. The average molecular weight is 275 g/mol. The smallest absolute Gasteiger partial charge is 0.0334 e. The largest absolute Gasteiger partial charge is 0.399 e. The molecular formula is C16H26N4. The van der Waals surface area contributed by atoms with E-state index in [4.69, 9.17) is 24.3 Å². The summed E-state index contributed by atoms with van der Waals surface area (Å²) in [6.45, 7) is 3.47. The maximum atomic E-state index is 6.21. The van der Waals surface area contributed by atoms with Gasteiger partial charge in [0.1, 0.15) is 0 Å². The van der Waals surface area contributed by atoms with E-state index in [1.807, 2.05) is 30.3 Å². The summed E-state index contributed by atoms with van der Waals surface area (Å²) in [4.78, 5) is 0. The fraction of sp³-hybridized carbons (Fsp3) is 0.250. The lowest BCUT2D eigenvalue weighted by molar-refractivity contribution is 1.03. The van der Waals surface area contributed by atoms with Gasteiger partial charge in [-0.2, -0.15) is 0 Å². The van der Waals surface area contributed by atoms with E-state index >= 15 is 0 Å². The lowest BCUT2D eigenvalue weighted by Gasteiger charge is -1.98. The highest BCUT2D eigenvalue weighted by atomic mass is 14.6. The molecule has 0 amide bonds. The molecule has 0 atom stereocenters. The summed E-state index contributed by atoms with van der Waals surface area (Å²) < 4.78 is 6.21. The molecule has 20 heavy (non-hydrogen) atoms. The van der Waals surface area contributed by atoms with E-state index in [0.717, 1.165) is 11.1 Å². The Kier molecular flexibility index (Phi) is 8.68. The number of nitrogen functional groups attached to an aromatic ring is 2. The number of hydrogen-bond donors (Lipinski definition) is 4. The molecule has 0 aliphatic rings. The topological polar surface area (TPSA) is 104 Å². The molecule has 0 saturated heterocycles. The molecule has 2 rings (SSSR count). The maximum absolute atomic E-state index is 6.21. The molecule has 2 aromatic rings. The molecule has 4 heteroatoms. The Labute approximate surface area is 123 Å². The molecule has 0 saturated carbocycles. The van der Waals surface area contributed by atoms with Crippen LogP contribution in [-0.2, 0) is 13.1 Å². The second-order valence-electron chi connectivity index (χ2n) is 3.90. The van der Waals surface area contributed by atoms with Crippen molar-refractivity contribution in [3.05, 3.63) is 59.7 Å². The summed E-state index contributed by atoms with van der Waals surface area (Å²) in [5.74, 6) is 0. The molecule has 110 valence electrons. The quantitative estimate of drug-likeness (QED) is 0.632. The molecule has 2 aromatic carbocycles. The molecule has 0 radical (unpaired) electrons. The predicted octanol–water partition coefficient (Wildman–Crippen LogP) is 2.48. The van der Waals surface area contributed by atoms with E-state index in [0.29, 0.717) is 31.4 Å². The van der Waals surface area contributed by atoms with Crippen LogP contribution in [0.3, 0.4) is 0 Å². The Bertz CT molecular complexity index is 467. The highest BCUT2D eigenvalue weighted by Crippen LogP contribution is 2.06. The second kappa shape index (κ2) is 10.8. The van der Waals surface area contributed by atoms with Crippen molar-refractivity contribution in [1.82, 2.24) is 0 Å². The van der Waals surface area contributed by atoms with E-state index in [-0.39, 0.29) is 0 Å². The van der Waals surface area contributed by atoms with E-state index < -0.39 is 0 Å². The number of rotatable bonds is 2. The zero-order valence-electron chi connectivity index (χ0n) is 13.0. The van der Waals surface area contributed by atoms with Gasteiger partial charge in [-0.1, -0.05) is 44.2 Å². The minimum atomic E-state index is 0.500. The van der Waals surface area contributed by atoms with Crippen molar-refractivity contribution in [3.8, 4) is 0 Å². The van der Waals surface area contributed by atoms with Gasteiger partial charge in [0.15, 0.2) is 0 Å². The van der Waals surface area contributed by atoms with Gasteiger partial charge in [-0.3, -0.25) is 0 Å². The fourth-order valence-electron chi connectivity index (χ4n) is 1.44. The molecular weight excluding hydrogens is 248 g/mol. The molecule has 0 bridgehead atoms. The van der Waals surface area contributed by atoms with E-state index in [9.17, 15) is 0 Å². The normalized spacial score (nSPS) is 9.45. The minimum absolute atomic E-state index is 0.500. The predicted molar refractivity (Wildman–Crippen MR) is 88.8 cm³/mol. The highest BCUT2D eigenvalue weighted by molar-refractivity contribution is 5.50. The summed E-state index contributed by atoms with van der Waals surface area (Å²) in [6.07, 6.45) is 0. The molecule has 0 unspecified atom stereocenters. The third kappa shape index (κ3) is 7.41. The summed E-state index contributed by atoms with van der Waals surface area (Å²) >= 11 is 0. The minimum Gasteiger partial charge on any atom is -0.399 e. The second-order valence-corrected chi connectivity index (χ2v) is 3.90. The molecule has 8 N–H and O–H groups in total. The zero-order chi connectivity index (χ0) is 16.1. The van der Waals surface area contributed by atoms with Crippen molar-refractivity contribution >= 4 is 11.4 Å². The number of nitrogens with two attached hydrogens (primary N) is 4. The Morgan fingerprint density at radius 2 is 1.25 bits per heavy atom. The summed E-state index contributed by atoms with van der Waals surface area (Å²) in [6, 6.07) is 15.2. The number of benzene rings is 2. The summed E-state index contributed by atoms with van der Waals surface area (Å²) in [5, 5.41) is 0. The van der Waals surface area contributed by atoms with Crippen molar-refractivity contribution in [2.45, 2.75) is 26.9 Å². The van der Waals surface area contributed by atoms with Gasteiger partial charge in [0, 0.05) is 25.8 Å². The van der Waals surface area contributed by atoms with Crippen molar-refractivity contribution in [2.75, 3.05) is 11.5 Å². The number of hydrogen-bond acceptors (Lipinski definition) is 4. The van der Waals surface area contributed by atoms with Crippen LogP contribution < -0.4 is 22.9 Å². The first-order valence-electron chi connectivity index (χ1n) is 7.16. The Hall–Kier alpha value is -2.04. The Morgan fingerprint density at radius 3 is 1.55 bits per heavy atom. The average Bonchev–Trinajstić information content (AvgIpc) is 2.48.